The van der Waals surface area contributed by atoms with Crippen molar-refractivity contribution in [2.24, 2.45) is 11.5 Å². The molecule has 0 saturated heterocycles. The van der Waals surface area contributed by atoms with Crippen molar-refractivity contribution in [1.82, 2.24) is 0 Å². The Balaban J connectivity index is 3.00. The lowest BCUT2D eigenvalue weighted by Crippen LogP contribution is -2.21. The molecule has 90 valence electrons. The van der Waals surface area contributed by atoms with Crippen molar-refractivity contribution in [2.75, 3.05) is 19.8 Å². The predicted octanol–water partition coefficient (Wildman–Crippen LogP) is 1.44. The molecular formula is C12H20N2O2. The molecule has 0 aliphatic heterocycles. The lowest BCUT2D eigenvalue weighted by Gasteiger charge is -2.16. The number of hydrogen-bond donors (Lipinski definition) is 2. The zero-order valence-electron chi connectivity index (χ0n) is 9.90. The Morgan fingerprint density at radius 3 is 2.44 bits per heavy atom. The van der Waals surface area contributed by atoms with Crippen LogP contribution in [0.3, 0.4) is 0 Å². The van der Waals surface area contributed by atoms with E-state index in [0.29, 0.717) is 19.8 Å². The van der Waals surface area contributed by atoms with Crippen LogP contribution in [-0.4, -0.2) is 19.8 Å². The van der Waals surface area contributed by atoms with Crippen molar-refractivity contribution in [3.05, 3.63) is 23.8 Å². The van der Waals surface area contributed by atoms with E-state index in [4.69, 9.17) is 20.9 Å². The highest BCUT2D eigenvalue weighted by atomic mass is 16.5. The molecule has 0 radical (unpaired) electrons. The average Bonchev–Trinajstić information content (AvgIpc) is 2.31. The minimum Gasteiger partial charge on any atom is -0.494 e. The van der Waals surface area contributed by atoms with Gasteiger partial charge in [0.2, 0.25) is 0 Å². The smallest absolute Gasteiger partial charge is 0.124 e. The summed E-state index contributed by atoms with van der Waals surface area (Å²) >= 11 is 0. The molecule has 4 nitrogen and oxygen atoms in total. The van der Waals surface area contributed by atoms with E-state index in [1.165, 1.54) is 0 Å². The van der Waals surface area contributed by atoms with Gasteiger partial charge in [-0.3, -0.25) is 0 Å². The van der Waals surface area contributed by atoms with Gasteiger partial charge in [0.25, 0.3) is 0 Å². The van der Waals surface area contributed by atoms with Crippen LogP contribution in [0.15, 0.2) is 18.2 Å². The summed E-state index contributed by atoms with van der Waals surface area (Å²) in [6, 6.07) is 5.43. The third-order valence-corrected chi connectivity index (χ3v) is 2.25. The van der Waals surface area contributed by atoms with Crippen LogP contribution in [0, 0.1) is 0 Å². The molecule has 0 spiro atoms. The molecule has 0 bridgehead atoms. The summed E-state index contributed by atoms with van der Waals surface area (Å²) in [6.45, 7) is 5.51. The van der Waals surface area contributed by atoms with E-state index < -0.39 is 0 Å². The third-order valence-electron chi connectivity index (χ3n) is 2.25. The van der Waals surface area contributed by atoms with Gasteiger partial charge >= 0.3 is 0 Å². The number of rotatable bonds is 6. The van der Waals surface area contributed by atoms with E-state index in [1.807, 2.05) is 32.0 Å². The summed E-state index contributed by atoms with van der Waals surface area (Å²) in [5.41, 5.74) is 12.4. The first-order valence-electron chi connectivity index (χ1n) is 5.58. The molecule has 0 amide bonds. The topological polar surface area (TPSA) is 70.5 Å². The molecule has 1 atom stereocenters. The first-order chi connectivity index (χ1) is 7.72. The SMILES string of the molecule is CCOc1ccc(OCC)c([C@@H](N)CN)c1. The van der Waals surface area contributed by atoms with Gasteiger partial charge in [0.1, 0.15) is 11.5 Å². The molecule has 0 saturated carbocycles. The van der Waals surface area contributed by atoms with Gasteiger partial charge in [0.15, 0.2) is 0 Å². The van der Waals surface area contributed by atoms with Crippen LogP contribution in [0.25, 0.3) is 0 Å². The van der Waals surface area contributed by atoms with Crippen molar-refractivity contribution < 1.29 is 9.47 Å². The fraction of sp³-hybridized carbons (Fsp3) is 0.500. The van der Waals surface area contributed by atoms with Gasteiger partial charge in [-0.15, -0.1) is 0 Å². The minimum absolute atomic E-state index is 0.220. The second kappa shape index (κ2) is 6.35. The Morgan fingerprint density at radius 1 is 1.19 bits per heavy atom. The van der Waals surface area contributed by atoms with Crippen molar-refractivity contribution in [3.8, 4) is 11.5 Å². The Labute approximate surface area is 96.5 Å². The van der Waals surface area contributed by atoms with Gasteiger partial charge in [-0.25, -0.2) is 0 Å². The van der Waals surface area contributed by atoms with Gasteiger partial charge < -0.3 is 20.9 Å². The van der Waals surface area contributed by atoms with Crippen molar-refractivity contribution >= 4 is 0 Å². The highest BCUT2D eigenvalue weighted by molar-refractivity contribution is 5.42. The highest BCUT2D eigenvalue weighted by Gasteiger charge is 2.12. The van der Waals surface area contributed by atoms with Crippen molar-refractivity contribution in [2.45, 2.75) is 19.9 Å². The van der Waals surface area contributed by atoms with Gasteiger partial charge in [0, 0.05) is 18.2 Å². The van der Waals surface area contributed by atoms with E-state index >= 15 is 0 Å². The largest absolute Gasteiger partial charge is 0.494 e. The molecule has 0 unspecified atom stereocenters. The summed E-state index contributed by atoms with van der Waals surface area (Å²) in [4.78, 5) is 0. The number of benzene rings is 1. The van der Waals surface area contributed by atoms with Crippen LogP contribution in [-0.2, 0) is 0 Å². The molecule has 16 heavy (non-hydrogen) atoms. The zero-order chi connectivity index (χ0) is 12.0. The number of ether oxygens (including phenoxy) is 2. The fourth-order valence-electron chi connectivity index (χ4n) is 1.49. The third kappa shape index (κ3) is 3.12. The lowest BCUT2D eigenvalue weighted by atomic mass is 10.1. The normalized spacial score (nSPS) is 12.2. The zero-order valence-corrected chi connectivity index (χ0v) is 9.90. The van der Waals surface area contributed by atoms with E-state index in [1.54, 1.807) is 0 Å². The van der Waals surface area contributed by atoms with Crippen LogP contribution in [0.2, 0.25) is 0 Å². The van der Waals surface area contributed by atoms with Gasteiger partial charge in [-0.1, -0.05) is 0 Å². The maximum absolute atomic E-state index is 5.93. The molecule has 0 aliphatic rings. The van der Waals surface area contributed by atoms with Gasteiger partial charge in [0.05, 0.1) is 13.2 Å². The summed E-state index contributed by atoms with van der Waals surface area (Å²) in [6.07, 6.45) is 0. The Bertz CT molecular complexity index is 329. The second-order valence-electron chi connectivity index (χ2n) is 3.41. The molecule has 1 rings (SSSR count). The van der Waals surface area contributed by atoms with Crippen LogP contribution in [0.1, 0.15) is 25.5 Å². The summed E-state index contributed by atoms with van der Waals surface area (Å²) in [5.74, 6) is 1.58. The molecule has 4 heteroatoms. The Hall–Kier alpha value is -1.26. The molecule has 4 N–H and O–H groups in total. The highest BCUT2D eigenvalue weighted by Crippen LogP contribution is 2.28. The monoisotopic (exact) mass is 224 g/mol. The Kier molecular flexibility index (Phi) is 5.08. The molecule has 0 aromatic heterocycles. The van der Waals surface area contributed by atoms with Crippen molar-refractivity contribution in [3.63, 3.8) is 0 Å². The van der Waals surface area contributed by atoms with Crippen LogP contribution < -0.4 is 20.9 Å². The second-order valence-corrected chi connectivity index (χ2v) is 3.41. The molecule has 1 aromatic rings. The maximum Gasteiger partial charge on any atom is 0.124 e. The minimum atomic E-state index is -0.220. The summed E-state index contributed by atoms with van der Waals surface area (Å²) in [5, 5.41) is 0. The molecule has 1 aromatic carbocycles. The maximum atomic E-state index is 5.93. The first-order valence-corrected chi connectivity index (χ1v) is 5.58. The van der Waals surface area contributed by atoms with Crippen molar-refractivity contribution in [1.29, 1.82) is 0 Å². The molecule has 0 aliphatic carbocycles. The fourth-order valence-corrected chi connectivity index (χ4v) is 1.49. The molecular weight excluding hydrogens is 204 g/mol. The van der Waals surface area contributed by atoms with E-state index in [-0.39, 0.29) is 6.04 Å². The quantitative estimate of drug-likeness (QED) is 0.767. The van der Waals surface area contributed by atoms with E-state index in [9.17, 15) is 0 Å². The lowest BCUT2D eigenvalue weighted by molar-refractivity contribution is 0.325. The van der Waals surface area contributed by atoms with Gasteiger partial charge in [-0.05, 0) is 32.0 Å². The molecule has 0 fully saturated rings. The average molecular weight is 224 g/mol. The van der Waals surface area contributed by atoms with Crippen LogP contribution in [0.4, 0.5) is 0 Å². The van der Waals surface area contributed by atoms with E-state index in [0.717, 1.165) is 17.1 Å². The summed E-state index contributed by atoms with van der Waals surface area (Å²) < 4.78 is 10.9. The first kappa shape index (κ1) is 12.8. The van der Waals surface area contributed by atoms with Crippen LogP contribution in [0.5, 0.6) is 11.5 Å². The van der Waals surface area contributed by atoms with Gasteiger partial charge in [-0.2, -0.15) is 0 Å². The van der Waals surface area contributed by atoms with Crippen LogP contribution >= 0.6 is 0 Å². The molecule has 0 heterocycles. The standard InChI is InChI=1S/C12H20N2O2/c1-3-15-9-5-6-12(16-4-2)10(7-9)11(14)8-13/h5-7,11H,3-4,8,13-14H2,1-2H3/t11-/m0/s1. The predicted molar refractivity (Wildman–Crippen MR) is 64.8 cm³/mol. The Morgan fingerprint density at radius 2 is 1.88 bits per heavy atom. The number of nitrogens with two attached hydrogens (primary N) is 2. The summed E-state index contributed by atoms with van der Waals surface area (Å²) in [7, 11) is 0. The number of hydrogen-bond acceptors (Lipinski definition) is 4. The van der Waals surface area contributed by atoms with E-state index in [2.05, 4.69) is 0 Å².